The first-order valence-electron chi connectivity index (χ1n) is 6.75. The van der Waals surface area contributed by atoms with Crippen molar-refractivity contribution < 1.29 is 4.74 Å². The Labute approximate surface area is 125 Å². The van der Waals surface area contributed by atoms with Gasteiger partial charge >= 0.3 is 0 Å². The molecule has 0 radical (unpaired) electrons. The van der Waals surface area contributed by atoms with Gasteiger partial charge in [-0.1, -0.05) is 29.8 Å². The van der Waals surface area contributed by atoms with Gasteiger partial charge in [0, 0.05) is 6.04 Å². The van der Waals surface area contributed by atoms with Gasteiger partial charge in [-0.3, -0.25) is 0 Å². The number of rotatable bonds is 4. The molecule has 2 N–H and O–H groups in total. The molecule has 2 aromatic carbocycles. The predicted octanol–water partition coefficient (Wildman–Crippen LogP) is 4.64. The van der Waals surface area contributed by atoms with Gasteiger partial charge in [0.15, 0.2) is 0 Å². The normalized spacial score (nSPS) is 12.2. The first-order chi connectivity index (χ1) is 9.45. The Bertz CT molecular complexity index is 608. The van der Waals surface area contributed by atoms with Gasteiger partial charge in [0.25, 0.3) is 0 Å². The molecule has 0 amide bonds. The van der Waals surface area contributed by atoms with E-state index in [9.17, 15) is 0 Å². The molecule has 2 nitrogen and oxygen atoms in total. The molecule has 0 aliphatic heterocycles. The maximum Gasteiger partial charge on any atom is 0.146 e. The maximum atomic E-state index is 6.16. The molecule has 0 aliphatic rings. The third-order valence-electron chi connectivity index (χ3n) is 3.10. The summed E-state index contributed by atoms with van der Waals surface area (Å²) < 4.78 is 5.92. The molecular formula is C17H20ClNO. The molecule has 0 fully saturated rings. The van der Waals surface area contributed by atoms with Crippen LogP contribution in [0.2, 0.25) is 5.02 Å². The van der Waals surface area contributed by atoms with Crippen LogP contribution in [0.5, 0.6) is 11.5 Å². The Morgan fingerprint density at radius 3 is 2.50 bits per heavy atom. The minimum atomic E-state index is 0.160. The van der Waals surface area contributed by atoms with Crippen LogP contribution in [0.1, 0.15) is 23.6 Å². The van der Waals surface area contributed by atoms with Crippen LogP contribution in [0.15, 0.2) is 36.4 Å². The second kappa shape index (κ2) is 6.29. The minimum Gasteiger partial charge on any atom is -0.456 e. The van der Waals surface area contributed by atoms with Crippen LogP contribution in [-0.4, -0.2) is 6.04 Å². The van der Waals surface area contributed by atoms with Crippen molar-refractivity contribution in [2.75, 3.05) is 0 Å². The van der Waals surface area contributed by atoms with Crippen molar-refractivity contribution in [2.24, 2.45) is 5.73 Å². The Morgan fingerprint density at radius 1 is 1.10 bits per heavy atom. The number of benzene rings is 2. The van der Waals surface area contributed by atoms with Crippen molar-refractivity contribution in [1.82, 2.24) is 0 Å². The molecule has 0 spiro atoms. The van der Waals surface area contributed by atoms with E-state index in [0.29, 0.717) is 10.8 Å². The lowest BCUT2D eigenvalue weighted by molar-refractivity contribution is 0.478. The summed E-state index contributed by atoms with van der Waals surface area (Å²) in [4.78, 5) is 0. The second-order valence-electron chi connectivity index (χ2n) is 5.32. The van der Waals surface area contributed by atoms with E-state index in [2.05, 4.69) is 12.1 Å². The molecule has 0 aliphatic carbocycles. The lowest BCUT2D eigenvalue weighted by Crippen LogP contribution is -2.17. The lowest BCUT2D eigenvalue weighted by Gasteiger charge is -2.13. The third kappa shape index (κ3) is 3.75. The Morgan fingerprint density at radius 2 is 1.85 bits per heavy atom. The van der Waals surface area contributed by atoms with Crippen LogP contribution >= 0.6 is 11.6 Å². The molecule has 0 saturated heterocycles. The summed E-state index contributed by atoms with van der Waals surface area (Å²) >= 11 is 6.16. The van der Waals surface area contributed by atoms with E-state index in [1.165, 1.54) is 5.56 Å². The van der Waals surface area contributed by atoms with Crippen molar-refractivity contribution in [3.63, 3.8) is 0 Å². The van der Waals surface area contributed by atoms with Crippen LogP contribution < -0.4 is 10.5 Å². The van der Waals surface area contributed by atoms with Crippen molar-refractivity contribution in [3.8, 4) is 11.5 Å². The van der Waals surface area contributed by atoms with E-state index in [1.54, 1.807) is 0 Å². The number of nitrogens with two attached hydrogens (primary N) is 1. The summed E-state index contributed by atoms with van der Waals surface area (Å²) in [6.07, 6.45) is 0.867. The van der Waals surface area contributed by atoms with Crippen molar-refractivity contribution in [3.05, 3.63) is 58.1 Å². The predicted molar refractivity (Wildman–Crippen MR) is 84.8 cm³/mol. The summed E-state index contributed by atoms with van der Waals surface area (Å²) in [5, 5.41) is 0.620. The van der Waals surface area contributed by atoms with Crippen molar-refractivity contribution in [2.45, 2.75) is 33.2 Å². The quantitative estimate of drug-likeness (QED) is 0.890. The van der Waals surface area contributed by atoms with Gasteiger partial charge in [0.1, 0.15) is 11.5 Å². The summed E-state index contributed by atoms with van der Waals surface area (Å²) in [5.41, 5.74) is 9.25. The average Bonchev–Trinajstić information content (AvgIpc) is 2.36. The molecule has 0 bridgehead atoms. The molecule has 2 rings (SSSR count). The standard InChI is InChI=1S/C17H20ClNO/c1-11-4-6-15(18)17(8-11)20-16-7-5-14(9-12(16)2)10-13(3)19/h4-9,13H,10,19H2,1-3H3. The molecule has 0 heterocycles. The molecular weight excluding hydrogens is 270 g/mol. The van der Waals surface area contributed by atoms with E-state index in [4.69, 9.17) is 22.1 Å². The molecule has 20 heavy (non-hydrogen) atoms. The Hall–Kier alpha value is -1.51. The van der Waals surface area contributed by atoms with Crippen LogP contribution in [0.3, 0.4) is 0 Å². The molecule has 1 unspecified atom stereocenters. The molecule has 1 atom stereocenters. The number of hydrogen-bond acceptors (Lipinski definition) is 2. The van der Waals surface area contributed by atoms with Crippen LogP contribution in [0, 0.1) is 13.8 Å². The fraction of sp³-hybridized carbons (Fsp3) is 0.294. The molecule has 0 aromatic heterocycles. The van der Waals surface area contributed by atoms with E-state index in [0.717, 1.165) is 23.3 Å². The van der Waals surface area contributed by atoms with Crippen LogP contribution in [0.25, 0.3) is 0 Å². The Kier molecular flexibility index (Phi) is 4.69. The minimum absolute atomic E-state index is 0.160. The van der Waals surface area contributed by atoms with Gasteiger partial charge in [0.05, 0.1) is 5.02 Å². The van der Waals surface area contributed by atoms with E-state index in [-0.39, 0.29) is 6.04 Å². The first-order valence-corrected chi connectivity index (χ1v) is 7.12. The zero-order chi connectivity index (χ0) is 14.7. The highest BCUT2D eigenvalue weighted by molar-refractivity contribution is 6.32. The highest BCUT2D eigenvalue weighted by Gasteiger charge is 2.07. The maximum absolute atomic E-state index is 6.16. The smallest absolute Gasteiger partial charge is 0.146 e. The van der Waals surface area contributed by atoms with E-state index < -0.39 is 0 Å². The summed E-state index contributed by atoms with van der Waals surface area (Å²) in [6.45, 7) is 6.05. The fourth-order valence-corrected chi connectivity index (χ4v) is 2.29. The first kappa shape index (κ1) is 14.9. The van der Waals surface area contributed by atoms with Gasteiger partial charge in [-0.25, -0.2) is 0 Å². The second-order valence-corrected chi connectivity index (χ2v) is 5.72. The van der Waals surface area contributed by atoms with Crippen LogP contribution in [-0.2, 0) is 6.42 Å². The highest BCUT2D eigenvalue weighted by Crippen LogP contribution is 2.32. The summed E-state index contributed by atoms with van der Waals surface area (Å²) in [7, 11) is 0. The molecule has 3 heteroatoms. The van der Waals surface area contributed by atoms with Crippen LogP contribution in [0.4, 0.5) is 0 Å². The number of halogens is 1. The summed E-state index contributed by atoms with van der Waals surface area (Å²) in [6, 6.07) is 12.1. The Balaban J connectivity index is 2.23. The SMILES string of the molecule is Cc1ccc(Cl)c(Oc2ccc(CC(C)N)cc2C)c1. The van der Waals surface area contributed by atoms with Gasteiger partial charge < -0.3 is 10.5 Å². The number of aryl methyl sites for hydroxylation is 2. The van der Waals surface area contributed by atoms with Crippen molar-refractivity contribution in [1.29, 1.82) is 0 Å². The van der Waals surface area contributed by atoms with Gasteiger partial charge in [-0.2, -0.15) is 0 Å². The molecule has 2 aromatic rings. The van der Waals surface area contributed by atoms with Gasteiger partial charge in [0.2, 0.25) is 0 Å². The zero-order valence-electron chi connectivity index (χ0n) is 12.1. The number of ether oxygens (including phenoxy) is 1. The fourth-order valence-electron chi connectivity index (χ4n) is 2.13. The number of hydrogen-bond donors (Lipinski definition) is 1. The average molecular weight is 290 g/mol. The van der Waals surface area contributed by atoms with Gasteiger partial charge in [-0.15, -0.1) is 0 Å². The van der Waals surface area contributed by atoms with E-state index >= 15 is 0 Å². The molecule has 106 valence electrons. The summed E-state index contributed by atoms with van der Waals surface area (Å²) in [5.74, 6) is 1.51. The van der Waals surface area contributed by atoms with Crippen molar-refractivity contribution >= 4 is 11.6 Å². The topological polar surface area (TPSA) is 35.2 Å². The largest absolute Gasteiger partial charge is 0.456 e. The lowest BCUT2D eigenvalue weighted by atomic mass is 10.0. The van der Waals surface area contributed by atoms with E-state index in [1.807, 2.05) is 45.0 Å². The highest BCUT2D eigenvalue weighted by atomic mass is 35.5. The zero-order valence-corrected chi connectivity index (χ0v) is 12.9. The van der Waals surface area contributed by atoms with Gasteiger partial charge in [-0.05, 0) is 62.1 Å². The molecule has 0 saturated carbocycles. The monoisotopic (exact) mass is 289 g/mol. The third-order valence-corrected chi connectivity index (χ3v) is 3.42.